The number of guanidine groups is 1. The van der Waals surface area contributed by atoms with Crippen molar-refractivity contribution in [1.82, 2.24) is 14.9 Å². The summed E-state index contributed by atoms with van der Waals surface area (Å²) < 4.78 is 5.54. The van der Waals surface area contributed by atoms with E-state index in [1.807, 2.05) is 43.9 Å². The standard InChI is InChI=1S/C18H26N6O2/c1-12-6-7-23(17(25)26-18(2,3)4)10-14(12)15-8-13(9-19)21-16-20-11-22(5)24(15)16/h8,12,14H,6-7,10-11H2,1-5H3. The van der Waals surface area contributed by atoms with E-state index in [0.717, 1.165) is 12.1 Å². The van der Waals surface area contributed by atoms with Gasteiger partial charge in [0.1, 0.15) is 24.1 Å². The molecule has 1 saturated heterocycles. The normalized spacial score (nSPS) is 26.5. The van der Waals surface area contributed by atoms with Gasteiger partial charge in [-0.3, -0.25) is 0 Å². The van der Waals surface area contributed by atoms with Gasteiger partial charge in [-0.2, -0.15) is 10.3 Å². The molecular formula is C18H26N6O2. The molecule has 3 rings (SSSR count). The van der Waals surface area contributed by atoms with Gasteiger partial charge in [-0.25, -0.2) is 19.8 Å². The van der Waals surface area contributed by atoms with Crippen molar-refractivity contribution in [1.29, 1.82) is 5.26 Å². The average molecular weight is 358 g/mol. The largest absolute Gasteiger partial charge is 0.444 e. The molecule has 2 atom stereocenters. The lowest BCUT2D eigenvalue weighted by Gasteiger charge is -2.42. The summed E-state index contributed by atoms with van der Waals surface area (Å²) in [5.41, 5.74) is 0.804. The molecule has 3 aliphatic heterocycles. The Labute approximate surface area is 154 Å². The Morgan fingerprint density at radius 1 is 1.42 bits per heavy atom. The number of aliphatic imine (C=N–C) groups is 2. The first-order valence-corrected chi connectivity index (χ1v) is 8.93. The fourth-order valence-electron chi connectivity index (χ4n) is 3.45. The van der Waals surface area contributed by atoms with Crippen molar-refractivity contribution in [3.05, 3.63) is 11.8 Å². The first-order valence-electron chi connectivity index (χ1n) is 8.93. The lowest BCUT2D eigenvalue weighted by molar-refractivity contribution is 0.00986. The Hall–Kier alpha value is -2.40. The number of likely N-dealkylation sites (tertiary alicyclic amines) is 1. The predicted molar refractivity (Wildman–Crippen MR) is 98.1 cm³/mol. The van der Waals surface area contributed by atoms with Gasteiger partial charge in [-0.05, 0) is 39.2 Å². The number of carbonyl (C=O) groups is 1. The van der Waals surface area contributed by atoms with E-state index in [4.69, 9.17) is 4.74 Å². The van der Waals surface area contributed by atoms with Crippen LogP contribution in [0.4, 0.5) is 4.79 Å². The highest BCUT2D eigenvalue weighted by molar-refractivity contribution is 6.15. The van der Waals surface area contributed by atoms with Crippen molar-refractivity contribution in [2.45, 2.75) is 39.7 Å². The maximum Gasteiger partial charge on any atom is 0.410 e. The highest BCUT2D eigenvalue weighted by Gasteiger charge is 2.39. The summed E-state index contributed by atoms with van der Waals surface area (Å²) in [7, 11) is 1.94. The zero-order valence-corrected chi connectivity index (χ0v) is 16.1. The second-order valence-corrected chi connectivity index (χ2v) is 8.05. The number of ether oxygens (including phenoxy) is 1. The molecule has 1 fully saturated rings. The van der Waals surface area contributed by atoms with Gasteiger partial charge >= 0.3 is 6.09 Å². The second-order valence-electron chi connectivity index (χ2n) is 8.05. The van der Waals surface area contributed by atoms with E-state index in [2.05, 4.69) is 23.0 Å². The zero-order valence-electron chi connectivity index (χ0n) is 16.1. The van der Waals surface area contributed by atoms with E-state index < -0.39 is 5.60 Å². The lowest BCUT2D eigenvalue weighted by Crippen LogP contribution is -2.50. The molecule has 26 heavy (non-hydrogen) atoms. The molecule has 0 aromatic heterocycles. The quantitative estimate of drug-likeness (QED) is 0.717. The fraction of sp³-hybridized carbons (Fsp3) is 0.667. The molecular weight excluding hydrogens is 332 g/mol. The average Bonchev–Trinajstić information content (AvgIpc) is 2.94. The number of allylic oxidation sites excluding steroid dienone is 1. The van der Waals surface area contributed by atoms with Crippen LogP contribution < -0.4 is 0 Å². The maximum absolute atomic E-state index is 12.5. The van der Waals surface area contributed by atoms with Gasteiger partial charge in [0.2, 0.25) is 5.96 Å². The van der Waals surface area contributed by atoms with Gasteiger partial charge in [0.25, 0.3) is 0 Å². The van der Waals surface area contributed by atoms with E-state index in [1.165, 1.54) is 0 Å². The lowest BCUT2D eigenvalue weighted by atomic mass is 9.83. The molecule has 3 aliphatic rings. The minimum absolute atomic E-state index is 0.0841. The number of piperidine rings is 1. The molecule has 1 amide bonds. The number of rotatable bonds is 1. The van der Waals surface area contributed by atoms with Crippen molar-refractivity contribution in [2.24, 2.45) is 21.8 Å². The van der Waals surface area contributed by atoms with Gasteiger partial charge in [0.15, 0.2) is 0 Å². The van der Waals surface area contributed by atoms with Crippen molar-refractivity contribution in [3.8, 4) is 6.07 Å². The second kappa shape index (κ2) is 6.72. The zero-order chi connectivity index (χ0) is 19.1. The minimum atomic E-state index is -0.518. The number of fused-ring (bicyclic) bond motifs is 1. The molecule has 2 unspecified atom stereocenters. The Balaban J connectivity index is 1.85. The van der Waals surface area contributed by atoms with Gasteiger partial charge < -0.3 is 9.64 Å². The summed E-state index contributed by atoms with van der Waals surface area (Å²) in [4.78, 5) is 23.0. The third kappa shape index (κ3) is 3.58. The van der Waals surface area contributed by atoms with Crippen LogP contribution in [0.15, 0.2) is 21.8 Å². The number of hydrogen-bond donors (Lipinski definition) is 0. The van der Waals surface area contributed by atoms with Crippen LogP contribution in [0, 0.1) is 23.2 Å². The van der Waals surface area contributed by atoms with Crippen molar-refractivity contribution in [2.75, 3.05) is 26.8 Å². The predicted octanol–water partition coefficient (Wildman–Crippen LogP) is 2.22. The number of nitriles is 1. The highest BCUT2D eigenvalue weighted by Crippen LogP contribution is 2.35. The van der Waals surface area contributed by atoms with Crippen LogP contribution in [-0.2, 0) is 4.74 Å². The van der Waals surface area contributed by atoms with E-state index in [-0.39, 0.29) is 12.0 Å². The van der Waals surface area contributed by atoms with Crippen molar-refractivity contribution in [3.63, 3.8) is 0 Å². The molecule has 0 bridgehead atoms. The third-order valence-corrected chi connectivity index (χ3v) is 4.80. The Morgan fingerprint density at radius 2 is 2.15 bits per heavy atom. The first kappa shape index (κ1) is 18.4. The number of hydrogen-bond acceptors (Lipinski definition) is 7. The highest BCUT2D eigenvalue weighted by atomic mass is 16.6. The van der Waals surface area contributed by atoms with Crippen LogP contribution in [0.5, 0.6) is 0 Å². The first-order chi connectivity index (χ1) is 12.2. The van der Waals surface area contributed by atoms with Crippen LogP contribution in [0.25, 0.3) is 0 Å². The third-order valence-electron chi connectivity index (χ3n) is 4.80. The maximum atomic E-state index is 12.5. The van der Waals surface area contributed by atoms with E-state index >= 15 is 0 Å². The van der Waals surface area contributed by atoms with Gasteiger partial charge in [-0.1, -0.05) is 6.92 Å². The summed E-state index contributed by atoms with van der Waals surface area (Å²) in [6, 6.07) is 2.12. The molecule has 0 aromatic rings. The topological polar surface area (TPSA) is 84.5 Å². The van der Waals surface area contributed by atoms with Gasteiger partial charge in [-0.15, -0.1) is 0 Å². The summed E-state index contributed by atoms with van der Waals surface area (Å²) >= 11 is 0. The SMILES string of the molecule is CC1CCN(C(=O)OC(C)(C)C)CC1C1=CC(C#N)=NC2=NCN(C)N12. The van der Waals surface area contributed by atoms with E-state index in [1.54, 1.807) is 4.90 Å². The Bertz CT molecular complexity index is 727. The summed E-state index contributed by atoms with van der Waals surface area (Å²) in [6.07, 6.45) is 2.41. The molecule has 8 nitrogen and oxygen atoms in total. The summed E-state index contributed by atoms with van der Waals surface area (Å²) in [6.45, 7) is 9.53. The van der Waals surface area contributed by atoms with Crippen LogP contribution in [0.1, 0.15) is 34.1 Å². The molecule has 140 valence electrons. The molecule has 0 N–H and O–H groups in total. The summed E-state index contributed by atoms with van der Waals surface area (Å²) in [5, 5.41) is 13.3. The summed E-state index contributed by atoms with van der Waals surface area (Å²) in [5.74, 6) is 0.997. The molecule has 3 heterocycles. The van der Waals surface area contributed by atoms with Crippen molar-refractivity contribution >= 4 is 17.8 Å². The Kier molecular flexibility index (Phi) is 4.76. The molecule has 0 aliphatic carbocycles. The van der Waals surface area contributed by atoms with Crippen LogP contribution in [-0.4, -0.2) is 65.1 Å². The van der Waals surface area contributed by atoms with Crippen LogP contribution in [0.3, 0.4) is 0 Å². The number of hydrazine groups is 1. The van der Waals surface area contributed by atoms with E-state index in [9.17, 15) is 10.1 Å². The monoisotopic (exact) mass is 358 g/mol. The fourth-order valence-corrected chi connectivity index (χ4v) is 3.45. The molecule has 0 spiro atoms. The van der Waals surface area contributed by atoms with Gasteiger partial charge in [0, 0.05) is 31.8 Å². The smallest absolute Gasteiger partial charge is 0.410 e. The van der Waals surface area contributed by atoms with Crippen LogP contribution in [0.2, 0.25) is 0 Å². The number of carbonyl (C=O) groups excluding carboxylic acids is 1. The number of amides is 1. The van der Waals surface area contributed by atoms with E-state index in [0.29, 0.717) is 37.3 Å². The Morgan fingerprint density at radius 3 is 2.81 bits per heavy atom. The van der Waals surface area contributed by atoms with Gasteiger partial charge in [0.05, 0.1) is 0 Å². The molecule has 0 aromatic carbocycles. The molecule has 0 radical (unpaired) electrons. The molecule has 8 heteroatoms. The van der Waals surface area contributed by atoms with Crippen LogP contribution >= 0.6 is 0 Å². The number of nitrogens with zero attached hydrogens (tertiary/aromatic N) is 6. The van der Waals surface area contributed by atoms with Crippen molar-refractivity contribution < 1.29 is 9.53 Å². The molecule has 0 saturated carbocycles. The minimum Gasteiger partial charge on any atom is -0.444 e.